The molecule has 5 heteroatoms. The first-order valence-electron chi connectivity index (χ1n) is 3.87. The van der Waals surface area contributed by atoms with Gasteiger partial charge in [0.1, 0.15) is 5.75 Å². The Kier molecular flexibility index (Phi) is 5.47. The highest BCUT2D eigenvalue weighted by molar-refractivity contribution is 5.37. The SMILES string of the molecule is C#N.CCOc1cccc([N+](=O)[O-])c1. The van der Waals surface area contributed by atoms with Gasteiger partial charge in [0.15, 0.2) is 0 Å². The fourth-order valence-corrected chi connectivity index (χ4v) is 0.854. The first-order valence-corrected chi connectivity index (χ1v) is 3.87. The number of benzene rings is 1. The smallest absolute Gasteiger partial charge is 0.273 e. The van der Waals surface area contributed by atoms with Gasteiger partial charge < -0.3 is 4.74 Å². The van der Waals surface area contributed by atoms with Crippen LogP contribution in [-0.4, -0.2) is 11.5 Å². The summed E-state index contributed by atoms with van der Waals surface area (Å²) in [5.41, 5.74) is 0.0564. The number of nitro groups is 1. The summed E-state index contributed by atoms with van der Waals surface area (Å²) >= 11 is 0. The van der Waals surface area contributed by atoms with Crippen molar-refractivity contribution in [1.82, 2.24) is 0 Å². The highest BCUT2D eigenvalue weighted by atomic mass is 16.6. The summed E-state index contributed by atoms with van der Waals surface area (Å²) in [6.07, 6.45) is 0. The highest BCUT2D eigenvalue weighted by Gasteiger charge is 2.04. The van der Waals surface area contributed by atoms with Gasteiger partial charge in [-0.1, -0.05) is 6.07 Å². The maximum Gasteiger partial charge on any atom is 0.273 e. The first-order chi connectivity index (χ1) is 6.74. The third kappa shape index (κ3) is 3.54. The molecule has 14 heavy (non-hydrogen) atoms. The van der Waals surface area contributed by atoms with Gasteiger partial charge in [-0.05, 0) is 13.0 Å². The lowest BCUT2D eigenvalue weighted by Crippen LogP contribution is -1.93. The van der Waals surface area contributed by atoms with Gasteiger partial charge in [0, 0.05) is 12.6 Å². The maximum absolute atomic E-state index is 10.3. The average molecular weight is 194 g/mol. The van der Waals surface area contributed by atoms with Crippen LogP contribution in [0, 0.1) is 21.9 Å². The van der Waals surface area contributed by atoms with Crippen molar-refractivity contribution in [2.75, 3.05) is 6.61 Å². The topological polar surface area (TPSA) is 76.2 Å². The number of nitrogens with zero attached hydrogens (tertiary/aromatic N) is 2. The summed E-state index contributed by atoms with van der Waals surface area (Å²) < 4.78 is 5.09. The van der Waals surface area contributed by atoms with Crippen LogP contribution in [0.3, 0.4) is 0 Å². The Labute approximate surface area is 81.7 Å². The molecule has 0 aliphatic heterocycles. The van der Waals surface area contributed by atoms with E-state index in [0.29, 0.717) is 12.4 Å². The van der Waals surface area contributed by atoms with Crippen LogP contribution in [0.1, 0.15) is 6.92 Å². The third-order valence-corrected chi connectivity index (χ3v) is 1.34. The predicted octanol–water partition coefficient (Wildman–Crippen LogP) is 2.13. The van der Waals surface area contributed by atoms with Crippen LogP contribution in [0.4, 0.5) is 5.69 Å². The fraction of sp³-hybridized carbons (Fsp3) is 0.222. The molecule has 0 saturated heterocycles. The molecule has 0 radical (unpaired) electrons. The van der Waals surface area contributed by atoms with Crippen LogP contribution in [0.2, 0.25) is 0 Å². The molecule has 1 rings (SSSR count). The number of hydrogen-bond acceptors (Lipinski definition) is 4. The van der Waals surface area contributed by atoms with Gasteiger partial charge in [0.05, 0.1) is 17.6 Å². The zero-order chi connectivity index (χ0) is 11.0. The zero-order valence-corrected chi connectivity index (χ0v) is 7.71. The average Bonchev–Trinajstić information content (AvgIpc) is 2.22. The van der Waals surface area contributed by atoms with Crippen LogP contribution in [0.15, 0.2) is 24.3 Å². The van der Waals surface area contributed by atoms with Crippen molar-refractivity contribution in [3.8, 4) is 12.3 Å². The maximum atomic E-state index is 10.3. The number of ether oxygens (including phenoxy) is 1. The number of nitro benzene ring substituents is 1. The van der Waals surface area contributed by atoms with Crippen LogP contribution >= 0.6 is 0 Å². The van der Waals surface area contributed by atoms with E-state index in [2.05, 4.69) is 6.57 Å². The lowest BCUT2D eigenvalue weighted by molar-refractivity contribution is -0.384. The van der Waals surface area contributed by atoms with E-state index in [0.717, 1.165) is 0 Å². The Morgan fingerprint density at radius 1 is 1.57 bits per heavy atom. The Morgan fingerprint density at radius 2 is 2.21 bits per heavy atom. The summed E-state index contributed by atoms with van der Waals surface area (Å²) in [7, 11) is 0. The minimum absolute atomic E-state index is 0.0564. The fourth-order valence-electron chi connectivity index (χ4n) is 0.854. The molecule has 1 aromatic rings. The van der Waals surface area contributed by atoms with Crippen molar-refractivity contribution in [2.24, 2.45) is 0 Å². The van der Waals surface area contributed by atoms with Crippen LogP contribution in [-0.2, 0) is 0 Å². The predicted molar refractivity (Wildman–Crippen MR) is 50.9 cm³/mol. The van der Waals surface area contributed by atoms with E-state index in [9.17, 15) is 10.1 Å². The molecule has 0 aromatic heterocycles. The van der Waals surface area contributed by atoms with E-state index in [-0.39, 0.29) is 5.69 Å². The molecular formula is C9H10N2O3. The van der Waals surface area contributed by atoms with Gasteiger partial charge in [0.2, 0.25) is 0 Å². The Morgan fingerprint density at radius 3 is 2.71 bits per heavy atom. The van der Waals surface area contributed by atoms with Gasteiger partial charge in [-0.3, -0.25) is 10.1 Å². The van der Waals surface area contributed by atoms with Gasteiger partial charge in [-0.25, -0.2) is 5.26 Å². The quantitative estimate of drug-likeness (QED) is 0.545. The molecule has 0 aliphatic carbocycles. The minimum Gasteiger partial charge on any atom is -0.494 e. The van der Waals surface area contributed by atoms with Crippen molar-refractivity contribution in [3.05, 3.63) is 34.4 Å². The third-order valence-electron chi connectivity index (χ3n) is 1.34. The van der Waals surface area contributed by atoms with E-state index in [4.69, 9.17) is 10.00 Å². The summed E-state index contributed by atoms with van der Waals surface area (Å²) in [6, 6.07) is 6.13. The standard InChI is InChI=1S/C8H9NO3.CHN/c1-2-12-8-5-3-4-7(6-8)9(10)11;1-2/h3-6H,2H2,1H3;1H. The molecule has 0 amide bonds. The second-order valence-electron chi connectivity index (χ2n) is 2.19. The Balaban J connectivity index is 0.000000791. The molecule has 0 aliphatic rings. The molecule has 0 fully saturated rings. The van der Waals surface area contributed by atoms with Gasteiger partial charge >= 0.3 is 0 Å². The number of hydrogen-bond donors (Lipinski definition) is 0. The second-order valence-corrected chi connectivity index (χ2v) is 2.19. The summed E-state index contributed by atoms with van der Waals surface area (Å²) in [6.45, 7) is 5.85. The second kappa shape index (κ2) is 6.43. The Hall–Kier alpha value is -2.09. The van der Waals surface area contributed by atoms with E-state index in [1.165, 1.54) is 12.1 Å². The van der Waals surface area contributed by atoms with Crippen LogP contribution in [0.25, 0.3) is 0 Å². The van der Waals surface area contributed by atoms with Crippen LogP contribution in [0.5, 0.6) is 5.75 Å². The first kappa shape index (κ1) is 11.9. The van der Waals surface area contributed by atoms with Crippen molar-refractivity contribution in [3.63, 3.8) is 0 Å². The molecule has 5 nitrogen and oxygen atoms in total. The zero-order valence-electron chi connectivity index (χ0n) is 7.71. The molecule has 0 saturated carbocycles. The largest absolute Gasteiger partial charge is 0.494 e. The lowest BCUT2D eigenvalue weighted by atomic mass is 10.3. The Bertz CT molecular complexity index is 323. The van der Waals surface area contributed by atoms with Crippen molar-refractivity contribution >= 4 is 5.69 Å². The molecule has 0 heterocycles. The molecule has 0 unspecified atom stereocenters. The minimum atomic E-state index is -0.442. The molecular weight excluding hydrogens is 184 g/mol. The molecule has 0 atom stereocenters. The van der Waals surface area contributed by atoms with E-state index in [1.807, 2.05) is 6.92 Å². The lowest BCUT2D eigenvalue weighted by Gasteiger charge is -2.00. The molecule has 0 bridgehead atoms. The number of non-ortho nitro benzene ring substituents is 1. The monoisotopic (exact) mass is 194 g/mol. The van der Waals surface area contributed by atoms with Crippen LogP contribution < -0.4 is 4.74 Å². The van der Waals surface area contributed by atoms with Crippen molar-refractivity contribution in [1.29, 1.82) is 5.26 Å². The van der Waals surface area contributed by atoms with E-state index >= 15 is 0 Å². The van der Waals surface area contributed by atoms with E-state index < -0.39 is 4.92 Å². The van der Waals surface area contributed by atoms with Crippen molar-refractivity contribution in [2.45, 2.75) is 6.92 Å². The van der Waals surface area contributed by atoms with Gasteiger partial charge in [0.25, 0.3) is 5.69 Å². The number of nitriles is 1. The normalized spacial score (nSPS) is 8.21. The molecule has 1 aromatic carbocycles. The molecule has 0 spiro atoms. The van der Waals surface area contributed by atoms with E-state index in [1.54, 1.807) is 12.1 Å². The summed E-state index contributed by atoms with van der Waals surface area (Å²) in [5.74, 6) is 0.534. The van der Waals surface area contributed by atoms with Gasteiger partial charge in [-0.2, -0.15) is 0 Å². The molecule has 74 valence electrons. The van der Waals surface area contributed by atoms with Gasteiger partial charge in [-0.15, -0.1) is 0 Å². The molecule has 0 N–H and O–H groups in total. The summed E-state index contributed by atoms with van der Waals surface area (Å²) in [4.78, 5) is 9.87. The summed E-state index contributed by atoms with van der Waals surface area (Å²) in [5, 5.41) is 16.8. The highest BCUT2D eigenvalue weighted by Crippen LogP contribution is 2.18. The number of rotatable bonds is 3. The van der Waals surface area contributed by atoms with Crippen molar-refractivity contribution < 1.29 is 9.66 Å².